The molecule has 5 rings (SSSR count). The van der Waals surface area contributed by atoms with Crippen LogP contribution >= 0.6 is 0 Å². The summed E-state index contributed by atoms with van der Waals surface area (Å²) in [7, 11) is 0. The second-order valence-corrected chi connectivity index (χ2v) is 9.51. The number of amides is 2. The number of nitro benzene ring substituents is 1. The first-order valence-corrected chi connectivity index (χ1v) is 10.8. The smallest absolute Gasteiger partial charge is 0.331 e. The van der Waals surface area contributed by atoms with Crippen molar-refractivity contribution in [1.82, 2.24) is 5.01 Å². The van der Waals surface area contributed by atoms with Crippen LogP contribution in [0.15, 0.2) is 53.6 Å². The maximum Gasteiger partial charge on any atom is 0.331 e. The molecule has 4 atom stereocenters. The molecule has 2 saturated heterocycles. The molecule has 0 unspecified atom stereocenters. The van der Waals surface area contributed by atoms with Crippen molar-refractivity contribution in [2.45, 2.75) is 38.5 Å². The molecule has 2 fully saturated rings. The van der Waals surface area contributed by atoms with Crippen molar-refractivity contribution in [1.29, 1.82) is 0 Å². The van der Waals surface area contributed by atoms with Gasteiger partial charge >= 0.3 is 5.97 Å². The zero-order chi connectivity index (χ0) is 24.4. The molecule has 0 bridgehead atoms. The molecule has 0 radical (unpaired) electrons. The van der Waals surface area contributed by atoms with Crippen molar-refractivity contribution in [2.75, 3.05) is 4.90 Å². The van der Waals surface area contributed by atoms with Gasteiger partial charge in [-0.05, 0) is 44.0 Å². The fraction of sp³-hybridized carbons (Fsp3) is 0.333. The van der Waals surface area contributed by atoms with E-state index in [0.29, 0.717) is 0 Å². The molecular formula is C24H22N4O6. The average Bonchev–Trinajstić information content (AvgIpc) is 3.25. The summed E-state index contributed by atoms with van der Waals surface area (Å²) in [6.07, 6.45) is 1.62. The number of fused-ring (bicyclic) bond motifs is 5. The standard InChI is InChI=1S/C24H22N4O6/c1-24(2,3)34-23(31)20-18-17(19-16-7-5-4-6-13(16)12-25-27(19)20)21(29)26(22(18)30)14-8-10-15(11-9-14)28(32)33/h4-12,17-20H,1-3H3/t17-,18-,19+,20+/m1/s1. The van der Waals surface area contributed by atoms with Crippen LogP contribution in [0.1, 0.15) is 37.9 Å². The number of benzene rings is 2. The summed E-state index contributed by atoms with van der Waals surface area (Å²) >= 11 is 0. The van der Waals surface area contributed by atoms with Crippen LogP contribution in [0.5, 0.6) is 0 Å². The lowest BCUT2D eigenvalue weighted by Gasteiger charge is -2.34. The molecule has 2 amide bonds. The van der Waals surface area contributed by atoms with Crippen LogP contribution in [0.3, 0.4) is 0 Å². The molecule has 34 heavy (non-hydrogen) atoms. The third-order valence-corrected chi connectivity index (χ3v) is 6.26. The second-order valence-electron chi connectivity index (χ2n) is 9.51. The topological polar surface area (TPSA) is 122 Å². The molecule has 3 aliphatic heterocycles. The Kier molecular flexibility index (Phi) is 4.78. The lowest BCUT2D eigenvalue weighted by atomic mass is 9.85. The summed E-state index contributed by atoms with van der Waals surface area (Å²) in [5.74, 6) is -3.53. The zero-order valence-electron chi connectivity index (χ0n) is 18.7. The van der Waals surface area contributed by atoms with E-state index in [-0.39, 0.29) is 11.4 Å². The van der Waals surface area contributed by atoms with E-state index < -0.39 is 52.2 Å². The van der Waals surface area contributed by atoms with Crippen molar-refractivity contribution in [3.8, 4) is 0 Å². The maximum absolute atomic E-state index is 13.7. The number of nitro groups is 1. The number of carbonyl (C=O) groups excluding carboxylic acids is 3. The third kappa shape index (κ3) is 3.25. The van der Waals surface area contributed by atoms with Crippen molar-refractivity contribution in [3.63, 3.8) is 0 Å². The Hall–Kier alpha value is -4.08. The van der Waals surface area contributed by atoms with E-state index in [2.05, 4.69) is 5.10 Å². The molecule has 0 N–H and O–H groups in total. The van der Waals surface area contributed by atoms with Gasteiger partial charge in [-0.15, -0.1) is 0 Å². The summed E-state index contributed by atoms with van der Waals surface area (Å²) in [6, 6.07) is 10.9. The minimum absolute atomic E-state index is 0.156. The van der Waals surface area contributed by atoms with Crippen LogP contribution in [-0.2, 0) is 19.1 Å². The van der Waals surface area contributed by atoms with E-state index in [1.54, 1.807) is 27.0 Å². The number of nitrogens with zero attached hydrogens (tertiary/aromatic N) is 4. The van der Waals surface area contributed by atoms with Crippen molar-refractivity contribution in [2.24, 2.45) is 16.9 Å². The first kappa shape index (κ1) is 21.7. The monoisotopic (exact) mass is 462 g/mol. The summed E-state index contributed by atoms with van der Waals surface area (Å²) < 4.78 is 5.62. The van der Waals surface area contributed by atoms with Gasteiger partial charge in [-0.25, -0.2) is 9.69 Å². The first-order valence-electron chi connectivity index (χ1n) is 10.8. The Bertz CT molecular complexity index is 1250. The minimum Gasteiger partial charge on any atom is -0.458 e. The van der Waals surface area contributed by atoms with Gasteiger partial charge in [-0.1, -0.05) is 24.3 Å². The van der Waals surface area contributed by atoms with Gasteiger partial charge in [0.25, 0.3) is 5.69 Å². The van der Waals surface area contributed by atoms with Crippen molar-refractivity contribution < 1.29 is 24.0 Å². The van der Waals surface area contributed by atoms with E-state index in [1.807, 2.05) is 24.3 Å². The number of hydrogen-bond donors (Lipinski definition) is 0. The molecule has 2 aromatic rings. The van der Waals surface area contributed by atoms with Gasteiger partial charge in [0.2, 0.25) is 11.8 Å². The van der Waals surface area contributed by atoms with Gasteiger partial charge < -0.3 is 4.74 Å². The van der Waals surface area contributed by atoms with E-state index in [1.165, 1.54) is 29.3 Å². The molecular weight excluding hydrogens is 440 g/mol. The number of carbonyl (C=O) groups is 3. The molecule has 0 saturated carbocycles. The lowest BCUT2D eigenvalue weighted by molar-refractivity contribution is -0.384. The summed E-state index contributed by atoms with van der Waals surface area (Å²) in [5, 5.41) is 17.0. The van der Waals surface area contributed by atoms with Gasteiger partial charge in [-0.2, -0.15) is 5.10 Å². The Labute approximate surface area is 194 Å². The highest BCUT2D eigenvalue weighted by Crippen LogP contribution is 2.52. The highest BCUT2D eigenvalue weighted by Gasteiger charge is 2.66. The van der Waals surface area contributed by atoms with E-state index in [4.69, 9.17) is 4.74 Å². The fourth-order valence-electron chi connectivity index (χ4n) is 4.98. The second kappa shape index (κ2) is 7.47. The molecule has 10 heteroatoms. The molecule has 174 valence electrons. The SMILES string of the molecule is CC(C)(C)OC(=O)[C@@H]1[C@@H]2C(=O)N(c3ccc([N+](=O)[O-])cc3)C(=O)[C@H]2[C@@H]2c3ccccc3C=NN12. The molecule has 0 aromatic heterocycles. The number of ether oxygens (including phenoxy) is 1. The van der Waals surface area contributed by atoms with Gasteiger partial charge in [-0.3, -0.25) is 24.7 Å². The first-order chi connectivity index (χ1) is 16.1. The van der Waals surface area contributed by atoms with Gasteiger partial charge in [0.05, 0.1) is 34.7 Å². The van der Waals surface area contributed by atoms with Crippen LogP contribution in [0.4, 0.5) is 11.4 Å². The molecule has 3 heterocycles. The number of hydrogen-bond acceptors (Lipinski definition) is 8. The summed E-state index contributed by atoms with van der Waals surface area (Å²) in [6.45, 7) is 5.19. The number of rotatable bonds is 3. The van der Waals surface area contributed by atoms with Crippen molar-refractivity contribution in [3.05, 3.63) is 69.8 Å². The Morgan fingerprint density at radius 2 is 1.68 bits per heavy atom. The average molecular weight is 462 g/mol. The van der Waals surface area contributed by atoms with Gasteiger partial charge in [0.1, 0.15) is 5.60 Å². The predicted octanol–water partition coefficient (Wildman–Crippen LogP) is 2.82. The van der Waals surface area contributed by atoms with Crippen LogP contribution in [-0.4, -0.2) is 45.6 Å². The Morgan fingerprint density at radius 1 is 1.03 bits per heavy atom. The minimum atomic E-state index is -1.08. The predicted molar refractivity (Wildman–Crippen MR) is 121 cm³/mol. The molecule has 3 aliphatic rings. The van der Waals surface area contributed by atoms with Crippen molar-refractivity contribution >= 4 is 35.4 Å². The number of imide groups is 1. The van der Waals surface area contributed by atoms with E-state index >= 15 is 0 Å². The van der Waals surface area contributed by atoms with Gasteiger partial charge in [0.15, 0.2) is 6.04 Å². The number of esters is 1. The maximum atomic E-state index is 13.7. The molecule has 2 aromatic carbocycles. The molecule has 0 spiro atoms. The number of non-ortho nitro benzene ring substituents is 1. The highest BCUT2D eigenvalue weighted by atomic mass is 16.6. The third-order valence-electron chi connectivity index (χ3n) is 6.26. The summed E-state index contributed by atoms with van der Waals surface area (Å²) in [4.78, 5) is 52.1. The fourth-order valence-corrected chi connectivity index (χ4v) is 4.98. The normalized spacial score (nSPS) is 25.1. The lowest BCUT2D eigenvalue weighted by Crippen LogP contribution is -2.46. The largest absolute Gasteiger partial charge is 0.458 e. The molecule has 10 nitrogen and oxygen atoms in total. The highest BCUT2D eigenvalue weighted by molar-refractivity contribution is 6.24. The van der Waals surface area contributed by atoms with E-state index in [0.717, 1.165) is 16.0 Å². The number of hydrazone groups is 1. The summed E-state index contributed by atoms with van der Waals surface area (Å²) in [5.41, 5.74) is 0.867. The van der Waals surface area contributed by atoms with Crippen LogP contribution < -0.4 is 4.90 Å². The Balaban J connectivity index is 1.60. The van der Waals surface area contributed by atoms with Crippen LogP contribution in [0, 0.1) is 22.0 Å². The zero-order valence-corrected chi connectivity index (χ0v) is 18.7. The van der Waals surface area contributed by atoms with Gasteiger partial charge in [0, 0.05) is 12.1 Å². The Morgan fingerprint density at radius 3 is 2.32 bits per heavy atom. The van der Waals surface area contributed by atoms with Crippen LogP contribution in [0.25, 0.3) is 0 Å². The van der Waals surface area contributed by atoms with E-state index in [9.17, 15) is 24.5 Å². The van der Waals surface area contributed by atoms with Crippen LogP contribution in [0.2, 0.25) is 0 Å². The number of anilines is 1. The quantitative estimate of drug-likeness (QED) is 0.297. The molecule has 0 aliphatic carbocycles.